The molecule has 1 aliphatic carbocycles. The lowest BCUT2D eigenvalue weighted by atomic mass is 9.78. The number of Topliss-reactive ketones (excluding diaryl/α,β-unsaturated/α-hetero) is 1. The fraction of sp³-hybridized carbons (Fsp3) is 0.375. The summed E-state index contributed by atoms with van der Waals surface area (Å²) in [6.45, 7) is 4.86. The largest absolute Gasteiger partial charge is 0.292 e. The van der Waals surface area contributed by atoms with Crippen LogP contribution in [0, 0.1) is 0 Å². The topological polar surface area (TPSA) is 29.4 Å². The van der Waals surface area contributed by atoms with Crippen molar-refractivity contribution in [2.75, 3.05) is 6.54 Å². The summed E-state index contributed by atoms with van der Waals surface area (Å²) in [5, 5.41) is 1.01. The van der Waals surface area contributed by atoms with Gasteiger partial charge in [0.05, 0.1) is 5.04 Å². The van der Waals surface area contributed by atoms with Crippen molar-refractivity contribution in [2.24, 2.45) is 4.99 Å². The summed E-state index contributed by atoms with van der Waals surface area (Å²) in [4.78, 5) is 17.3. The minimum atomic E-state index is -0.387. The fourth-order valence-electron chi connectivity index (χ4n) is 2.90. The number of aryl methyl sites for hydroxylation is 1. The first-order valence-electron chi connectivity index (χ1n) is 6.72. The predicted octanol–water partition coefficient (Wildman–Crippen LogP) is 3.67. The van der Waals surface area contributed by atoms with Crippen LogP contribution in [-0.4, -0.2) is 22.1 Å². The molecule has 0 saturated carbocycles. The van der Waals surface area contributed by atoms with Crippen molar-refractivity contribution < 1.29 is 4.79 Å². The normalized spacial score (nSPS) is 27.8. The zero-order chi connectivity index (χ0) is 13.5. The maximum Gasteiger partial charge on any atom is 0.183 e. The average molecular weight is 271 g/mol. The van der Waals surface area contributed by atoms with Crippen LogP contribution >= 0.6 is 11.8 Å². The second kappa shape index (κ2) is 4.64. The van der Waals surface area contributed by atoms with Crippen molar-refractivity contribution in [1.82, 2.24) is 0 Å². The van der Waals surface area contributed by atoms with Gasteiger partial charge in [-0.2, -0.15) is 0 Å². The third-order valence-corrected chi connectivity index (χ3v) is 5.46. The third kappa shape index (κ3) is 1.88. The van der Waals surface area contributed by atoms with E-state index in [0.29, 0.717) is 0 Å². The summed E-state index contributed by atoms with van der Waals surface area (Å²) in [5.74, 6) is 0.259. The number of aliphatic imine (C=N–C) groups is 1. The van der Waals surface area contributed by atoms with Gasteiger partial charge in [0.1, 0.15) is 4.75 Å². The summed E-state index contributed by atoms with van der Waals surface area (Å²) < 4.78 is -0.387. The van der Waals surface area contributed by atoms with E-state index in [1.807, 2.05) is 25.1 Å². The van der Waals surface area contributed by atoms with Gasteiger partial charge in [0.15, 0.2) is 5.78 Å². The van der Waals surface area contributed by atoms with Crippen LogP contribution in [0.5, 0.6) is 0 Å². The zero-order valence-corrected chi connectivity index (χ0v) is 12.1. The van der Waals surface area contributed by atoms with E-state index in [1.165, 1.54) is 5.56 Å². The van der Waals surface area contributed by atoms with E-state index >= 15 is 0 Å². The van der Waals surface area contributed by atoms with Crippen LogP contribution in [0.25, 0.3) is 0 Å². The van der Waals surface area contributed by atoms with Crippen molar-refractivity contribution in [3.8, 4) is 0 Å². The number of fused-ring (bicyclic) bond motifs is 1. The highest BCUT2D eigenvalue weighted by Crippen LogP contribution is 2.48. The Balaban J connectivity index is 2.03. The number of carbonyl (C=O) groups is 1. The Hall–Kier alpha value is -1.35. The molecule has 1 heterocycles. The van der Waals surface area contributed by atoms with Crippen molar-refractivity contribution in [3.05, 3.63) is 47.0 Å². The van der Waals surface area contributed by atoms with Crippen LogP contribution in [0.15, 0.2) is 40.9 Å². The van der Waals surface area contributed by atoms with E-state index in [4.69, 9.17) is 0 Å². The number of nitrogens with zero attached hydrogens (tertiary/aromatic N) is 1. The van der Waals surface area contributed by atoms with Gasteiger partial charge in [-0.1, -0.05) is 36.0 Å². The van der Waals surface area contributed by atoms with E-state index in [-0.39, 0.29) is 10.5 Å². The molecular weight excluding hydrogens is 254 g/mol. The van der Waals surface area contributed by atoms with Gasteiger partial charge >= 0.3 is 0 Å². The lowest BCUT2D eigenvalue weighted by molar-refractivity contribution is 0.0946. The quantitative estimate of drug-likeness (QED) is 0.780. The molecule has 1 aromatic carbocycles. The Morgan fingerprint density at radius 3 is 2.95 bits per heavy atom. The first-order chi connectivity index (χ1) is 9.17. The van der Waals surface area contributed by atoms with E-state index < -0.39 is 0 Å². The molecule has 2 nitrogen and oxygen atoms in total. The van der Waals surface area contributed by atoms with Gasteiger partial charge in [-0.25, -0.2) is 0 Å². The second-order valence-electron chi connectivity index (χ2n) is 5.06. The number of hydrogen-bond acceptors (Lipinski definition) is 3. The Bertz CT molecular complexity index is 603. The highest BCUT2D eigenvalue weighted by molar-refractivity contribution is 8.16. The number of thioether (sulfide) groups is 1. The van der Waals surface area contributed by atoms with Gasteiger partial charge in [0.2, 0.25) is 0 Å². The molecule has 0 N–H and O–H groups in total. The van der Waals surface area contributed by atoms with Gasteiger partial charge in [-0.3, -0.25) is 9.79 Å². The van der Waals surface area contributed by atoms with Crippen LogP contribution in [0.4, 0.5) is 0 Å². The maximum atomic E-state index is 12.9. The number of carbonyl (C=O) groups excluding carboxylic acids is 1. The monoisotopic (exact) mass is 271 g/mol. The van der Waals surface area contributed by atoms with Crippen molar-refractivity contribution in [2.45, 2.75) is 31.4 Å². The Labute approximate surface area is 118 Å². The highest BCUT2D eigenvalue weighted by Gasteiger charge is 2.48. The molecule has 0 aromatic heterocycles. The molecule has 2 aliphatic rings. The molecule has 0 saturated heterocycles. The lowest BCUT2D eigenvalue weighted by Gasteiger charge is -2.33. The van der Waals surface area contributed by atoms with Gasteiger partial charge in [0, 0.05) is 12.1 Å². The van der Waals surface area contributed by atoms with Crippen LogP contribution in [0.1, 0.15) is 36.2 Å². The molecule has 19 heavy (non-hydrogen) atoms. The van der Waals surface area contributed by atoms with Gasteiger partial charge in [-0.05, 0) is 43.9 Å². The summed E-state index contributed by atoms with van der Waals surface area (Å²) in [6, 6.07) is 8.00. The predicted molar refractivity (Wildman–Crippen MR) is 81.1 cm³/mol. The Morgan fingerprint density at radius 1 is 1.37 bits per heavy atom. The molecule has 1 aliphatic heterocycles. The highest BCUT2D eigenvalue weighted by atomic mass is 32.2. The molecule has 1 spiro atoms. The molecule has 3 rings (SSSR count). The molecule has 3 heteroatoms. The standard InChI is InChI=1S/C16H17NOS/c1-3-17-14-10-11(2)16(19-14)9-8-12-6-4-5-7-13(12)15(16)18/h4-7,10H,3,8-9H2,1-2H3. The van der Waals surface area contributed by atoms with Crippen molar-refractivity contribution in [3.63, 3.8) is 0 Å². The first kappa shape index (κ1) is 12.7. The van der Waals surface area contributed by atoms with Crippen LogP contribution in [0.3, 0.4) is 0 Å². The lowest BCUT2D eigenvalue weighted by Crippen LogP contribution is -2.39. The number of ketones is 1. The summed E-state index contributed by atoms with van der Waals surface area (Å²) in [7, 11) is 0. The van der Waals surface area contributed by atoms with Crippen LogP contribution in [-0.2, 0) is 6.42 Å². The van der Waals surface area contributed by atoms with Crippen LogP contribution in [0.2, 0.25) is 0 Å². The van der Waals surface area contributed by atoms with Gasteiger partial charge in [0.25, 0.3) is 0 Å². The van der Waals surface area contributed by atoms with E-state index in [9.17, 15) is 4.79 Å². The molecule has 0 bridgehead atoms. The molecule has 1 aromatic rings. The van der Waals surface area contributed by atoms with E-state index in [1.54, 1.807) is 11.8 Å². The molecule has 98 valence electrons. The molecule has 1 atom stereocenters. The van der Waals surface area contributed by atoms with E-state index in [0.717, 1.165) is 35.6 Å². The van der Waals surface area contributed by atoms with Crippen molar-refractivity contribution in [1.29, 1.82) is 0 Å². The summed E-state index contributed by atoms with van der Waals surface area (Å²) >= 11 is 1.65. The molecular formula is C16H17NOS. The number of benzene rings is 1. The zero-order valence-electron chi connectivity index (χ0n) is 11.3. The minimum absolute atomic E-state index is 0.259. The van der Waals surface area contributed by atoms with Crippen LogP contribution < -0.4 is 0 Å². The second-order valence-corrected chi connectivity index (χ2v) is 6.37. The summed E-state index contributed by atoms with van der Waals surface area (Å²) in [6.07, 6.45) is 3.94. The average Bonchev–Trinajstić information content (AvgIpc) is 2.72. The molecule has 0 fully saturated rings. The van der Waals surface area contributed by atoms with Gasteiger partial charge < -0.3 is 0 Å². The maximum absolute atomic E-state index is 12.9. The van der Waals surface area contributed by atoms with Gasteiger partial charge in [-0.15, -0.1) is 0 Å². The SMILES string of the molecule is CCN=C1C=C(C)C2(CCc3ccccc3C2=O)S1. The summed E-state index contributed by atoms with van der Waals surface area (Å²) in [5.41, 5.74) is 3.24. The molecule has 1 unspecified atom stereocenters. The molecule has 0 radical (unpaired) electrons. The fourth-order valence-corrected chi connectivity index (χ4v) is 4.31. The minimum Gasteiger partial charge on any atom is -0.292 e. The van der Waals surface area contributed by atoms with Crippen molar-refractivity contribution >= 4 is 22.6 Å². The Kier molecular flexibility index (Phi) is 3.09. The Morgan fingerprint density at radius 2 is 2.16 bits per heavy atom. The van der Waals surface area contributed by atoms with E-state index in [2.05, 4.69) is 24.1 Å². The molecule has 0 amide bonds. The number of rotatable bonds is 1. The smallest absolute Gasteiger partial charge is 0.183 e. The third-order valence-electron chi connectivity index (χ3n) is 3.94. The first-order valence-corrected chi connectivity index (χ1v) is 7.54. The number of hydrogen-bond donors (Lipinski definition) is 0.